The summed E-state index contributed by atoms with van der Waals surface area (Å²) < 4.78 is 1.75. The van der Waals surface area contributed by atoms with Crippen LogP contribution in [0, 0.1) is 6.92 Å². The lowest BCUT2D eigenvalue weighted by molar-refractivity contribution is -0.117. The van der Waals surface area contributed by atoms with Gasteiger partial charge in [0.1, 0.15) is 5.69 Å². The summed E-state index contributed by atoms with van der Waals surface area (Å²) >= 11 is 0. The molecule has 0 unspecified atom stereocenters. The number of amides is 2. The molecule has 0 spiro atoms. The van der Waals surface area contributed by atoms with Crippen molar-refractivity contribution in [3.8, 4) is 16.9 Å². The summed E-state index contributed by atoms with van der Waals surface area (Å²) in [4.78, 5) is 24.4. The van der Waals surface area contributed by atoms with E-state index >= 15 is 0 Å². The molecule has 3 aromatic carbocycles. The van der Waals surface area contributed by atoms with Gasteiger partial charge in [0, 0.05) is 17.4 Å². The van der Waals surface area contributed by atoms with Crippen LogP contribution in [-0.4, -0.2) is 21.6 Å². The van der Waals surface area contributed by atoms with Gasteiger partial charge in [0.15, 0.2) is 0 Å². The van der Waals surface area contributed by atoms with E-state index in [0.29, 0.717) is 16.9 Å². The maximum atomic E-state index is 13.3. The number of nitrogens with zero attached hydrogens (tertiary/aromatic N) is 2. The summed E-state index contributed by atoms with van der Waals surface area (Å²) in [5, 5.41) is 7.72. The third kappa shape index (κ3) is 5.01. The zero-order valence-corrected chi connectivity index (χ0v) is 18.7. The average molecular weight is 439 g/mol. The second-order valence-corrected chi connectivity index (χ2v) is 7.97. The number of aryl methyl sites for hydroxylation is 2. The summed E-state index contributed by atoms with van der Waals surface area (Å²) in [6, 6.07) is 23.1. The molecule has 6 nitrogen and oxygen atoms in total. The molecule has 0 bridgehead atoms. The number of hydrogen-bond donors (Lipinski definition) is 2. The first-order valence-corrected chi connectivity index (χ1v) is 10.9. The first kappa shape index (κ1) is 22.0. The van der Waals surface area contributed by atoms with Crippen LogP contribution in [0.5, 0.6) is 0 Å². The van der Waals surface area contributed by atoms with Crippen LogP contribution in [0.1, 0.15) is 34.0 Å². The van der Waals surface area contributed by atoms with E-state index in [1.54, 1.807) is 35.1 Å². The van der Waals surface area contributed by atoms with E-state index in [2.05, 4.69) is 24.4 Å². The van der Waals surface area contributed by atoms with Gasteiger partial charge in [-0.3, -0.25) is 9.59 Å². The number of rotatable bonds is 7. The van der Waals surface area contributed by atoms with Gasteiger partial charge >= 0.3 is 0 Å². The minimum absolute atomic E-state index is 0.162. The molecule has 0 saturated carbocycles. The zero-order valence-electron chi connectivity index (χ0n) is 18.7. The Morgan fingerprint density at radius 2 is 1.61 bits per heavy atom. The fourth-order valence-corrected chi connectivity index (χ4v) is 3.70. The van der Waals surface area contributed by atoms with Crippen LogP contribution in [0.15, 0.2) is 79.0 Å². The van der Waals surface area contributed by atoms with Crippen LogP contribution in [0.4, 0.5) is 5.69 Å². The molecule has 2 amide bonds. The van der Waals surface area contributed by atoms with Gasteiger partial charge in [-0.15, -0.1) is 0 Å². The molecular formula is C27H26N4O2. The highest BCUT2D eigenvalue weighted by Crippen LogP contribution is 2.26. The smallest absolute Gasteiger partial charge is 0.259 e. The van der Waals surface area contributed by atoms with E-state index in [0.717, 1.165) is 28.8 Å². The van der Waals surface area contributed by atoms with Crippen LogP contribution in [0.25, 0.3) is 16.9 Å². The van der Waals surface area contributed by atoms with Crippen molar-refractivity contribution in [2.45, 2.75) is 26.7 Å². The van der Waals surface area contributed by atoms with E-state index in [-0.39, 0.29) is 12.3 Å². The lowest BCUT2D eigenvalue weighted by Gasteiger charge is -2.07. The van der Waals surface area contributed by atoms with Crippen molar-refractivity contribution in [1.29, 1.82) is 0 Å². The number of carbonyl (C=O) groups is 2. The van der Waals surface area contributed by atoms with Crippen LogP contribution in [-0.2, 0) is 17.6 Å². The van der Waals surface area contributed by atoms with Crippen LogP contribution < -0.4 is 11.1 Å². The Labute approximate surface area is 193 Å². The number of para-hydroxylation sites is 1. The van der Waals surface area contributed by atoms with Gasteiger partial charge in [-0.25, -0.2) is 4.68 Å². The van der Waals surface area contributed by atoms with Crippen molar-refractivity contribution in [3.63, 3.8) is 0 Å². The van der Waals surface area contributed by atoms with E-state index in [1.165, 1.54) is 5.56 Å². The van der Waals surface area contributed by atoms with Gasteiger partial charge in [0.05, 0.1) is 17.7 Å². The SMILES string of the molecule is CCc1ccc(-c2nn(-c3ccccc3C)cc2C(=O)Nc2ccc(CC(N)=O)cc2)cc1. The molecule has 0 aliphatic heterocycles. The number of nitrogens with one attached hydrogen (secondary N) is 1. The number of primary amides is 1. The van der Waals surface area contributed by atoms with E-state index in [1.807, 2.05) is 43.3 Å². The Balaban J connectivity index is 1.69. The molecular weight excluding hydrogens is 412 g/mol. The second kappa shape index (κ2) is 9.53. The predicted octanol–water partition coefficient (Wildman–Crippen LogP) is 4.69. The molecule has 1 heterocycles. The zero-order chi connectivity index (χ0) is 23.4. The normalized spacial score (nSPS) is 10.7. The summed E-state index contributed by atoms with van der Waals surface area (Å²) in [7, 11) is 0. The Morgan fingerprint density at radius 3 is 2.24 bits per heavy atom. The largest absolute Gasteiger partial charge is 0.369 e. The predicted molar refractivity (Wildman–Crippen MR) is 130 cm³/mol. The molecule has 0 aliphatic rings. The highest BCUT2D eigenvalue weighted by molar-refractivity contribution is 6.08. The maximum absolute atomic E-state index is 13.3. The highest BCUT2D eigenvalue weighted by atomic mass is 16.2. The lowest BCUT2D eigenvalue weighted by atomic mass is 10.0. The number of nitrogens with two attached hydrogens (primary N) is 1. The summed E-state index contributed by atoms with van der Waals surface area (Å²) in [5.74, 6) is -0.652. The minimum atomic E-state index is -0.394. The Bertz CT molecular complexity index is 1290. The van der Waals surface area contributed by atoms with Crippen molar-refractivity contribution in [2.24, 2.45) is 5.73 Å². The molecule has 0 saturated heterocycles. The third-order valence-electron chi connectivity index (χ3n) is 5.55. The van der Waals surface area contributed by atoms with Gasteiger partial charge in [0.2, 0.25) is 5.91 Å². The maximum Gasteiger partial charge on any atom is 0.259 e. The molecule has 4 aromatic rings. The number of carbonyl (C=O) groups excluding carboxylic acids is 2. The minimum Gasteiger partial charge on any atom is -0.369 e. The molecule has 0 atom stereocenters. The van der Waals surface area contributed by atoms with Gasteiger partial charge in [-0.05, 0) is 48.2 Å². The lowest BCUT2D eigenvalue weighted by Crippen LogP contribution is -2.14. The highest BCUT2D eigenvalue weighted by Gasteiger charge is 2.19. The fourth-order valence-electron chi connectivity index (χ4n) is 3.70. The first-order valence-electron chi connectivity index (χ1n) is 10.9. The molecule has 6 heteroatoms. The van der Waals surface area contributed by atoms with Crippen LogP contribution in [0.2, 0.25) is 0 Å². The first-order chi connectivity index (χ1) is 15.9. The van der Waals surface area contributed by atoms with Crippen LogP contribution in [0.3, 0.4) is 0 Å². The molecule has 33 heavy (non-hydrogen) atoms. The number of hydrogen-bond acceptors (Lipinski definition) is 3. The molecule has 4 rings (SSSR count). The number of aromatic nitrogens is 2. The standard InChI is InChI=1S/C27H26N4O2/c1-3-19-8-12-21(13-9-19)26-23(17-31(30-26)24-7-5-4-6-18(24)2)27(33)29-22-14-10-20(11-15-22)16-25(28)32/h4-15,17H,3,16H2,1-2H3,(H2,28,32)(H,29,33). The topological polar surface area (TPSA) is 90.0 Å². The Hall–Kier alpha value is -4.19. The molecule has 3 N–H and O–H groups in total. The van der Waals surface area contributed by atoms with E-state index < -0.39 is 5.91 Å². The van der Waals surface area contributed by atoms with Crippen molar-refractivity contribution < 1.29 is 9.59 Å². The molecule has 1 aromatic heterocycles. The molecule has 0 aliphatic carbocycles. The van der Waals surface area contributed by atoms with Crippen molar-refractivity contribution in [1.82, 2.24) is 9.78 Å². The Morgan fingerprint density at radius 1 is 0.939 bits per heavy atom. The third-order valence-corrected chi connectivity index (χ3v) is 5.55. The summed E-state index contributed by atoms with van der Waals surface area (Å²) in [6.07, 6.45) is 2.87. The van der Waals surface area contributed by atoms with Crippen LogP contribution >= 0.6 is 0 Å². The van der Waals surface area contributed by atoms with Gasteiger partial charge in [0.25, 0.3) is 5.91 Å². The van der Waals surface area contributed by atoms with Crippen molar-refractivity contribution in [3.05, 3.63) is 101 Å². The van der Waals surface area contributed by atoms with Crippen molar-refractivity contribution in [2.75, 3.05) is 5.32 Å². The fraction of sp³-hybridized carbons (Fsp3) is 0.148. The van der Waals surface area contributed by atoms with E-state index in [9.17, 15) is 9.59 Å². The number of benzene rings is 3. The van der Waals surface area contributed by atoms with Gasteiger partial charge in [-0.2, -0.15) is 5.10 Å². The van der Waals surface area contributed by atoms with E-state index in [4.69, 9.17) is 10.8 Å². The summed E-state index contributed by atoms with van der Waals surface area (Å²) in [5.41, 5.74) is 11.8. The quantitative estimate of drug-likeness (QED) is 0.439. The van der Waals surface area contributed by atoms with Gasteiger partial charge < -0.3 is 11.1 Å². The van der Waals surface area contributed by atoms with Crippen molar-refractivity contribution >= 4 is 17.5 Å². The molecule has 0 radical (unpaired) electrons. The Kier molecular flexibility index (Phi) is 6.36. The summed E-state index contributed by atoms with van der Waals surface area (Å²) in [6.45, 7) is 4.12. The second-order valence-electron chi connectivity index (χ2n) is 7.97. The number of anilines is 1. The molecule has 166 valence electrons. The van der Waals surface area contributed by atoms with Gasteiger partial charge in [-0.1, -0.05) is 61.5 Å². The molecule has 0 fully saturated rings. The monoisotopic (exact) mass is 438 g/mol. The average Bonchev–Trinajstić information content (AvgIpc) is 3.26.